The van der Waals surface area contributed by atoms with Crippen LogP contribution in [0.3, 0.4) is 0 Å². The van der Waals surface area contributed by atoms with Crippen LogP contribution < -0.4 is 15.4 Å². The standard InChI is InChI=1S/C14H20N2O3S/c1-3-4-5-6-13(18)16-14(20)15-11-9-10(19-2)7-8-12(11)17/h7-9,17H,3-6H2,1-2H3,(H2,15,16,18,20). The Morgan fingerprint density at radius 2 is 2.15 bits per heavy atom. The van der Waals surface area contributed by atoms with Gasteiger partial charge < -0.3 is 20.5 Å². The Balaban J connectivity index is 2.51. The zero-order valence-corrected chi connectivity index (χ0v) is 12.5. The molecule has 110 valence electrons. The molecule has 0 aliphatic heterocycles. The minimum Gasteiger partial charge on any atom is -0.506 e. The van der Waals surface area contributed by atoms with Gasteiger partial charge in [-0.15, -0.1) is 0 Å². The highest BCUT2D eigenvalue weighted by atomic mass is 32.1. The van der Waals surface area contributed by atoms with E-state index in [0.29, 0.717) is 17.9 Å². The van der Waals surface area contributed by atoms with Crippen molar-refractivity contribution in [1.82, 2.24) is 5.32 Å². The van der Waals surface area contributed by atoms with Crippen molar-refractivity contribution in [1.29, 1.82) is 0 Å². The molecule has 0 radical (unpaired) electrons. The summed E-state index contributed by atoms with van der Waals surface area (Å²) in [6.45, 7) is 2.08. The van der Waals surface area contributed by atoms with Crippen molar-refractivity contribution in [2.24, 2.45) is 0 Å². The number of anilines is 1. The van der Waals surface area contributed by atoms with E-state index in [1.807, 2.05) is 0 Å². The Labute approximate surface area is 124 Å². The second kappa shape index (κ2) is 8.37. The van der Waals surface area contributed by atoms with Crippen LogP contribution >= 0.6 is 12.2 Å². The highest BCUT2D eigenvalue weighted by Gasteiger charge is 2.08. The van der Waals surface area contributed by atoms with Crippen molar-refractivity contribution in [2.75, 3.05) is 12.4 Å². The van der Waals surface area contributed by atoms with Crippen LogP contribution in [0.15, 0.2) is 18.2 Å². The number of aromatic hydroxyl groups is 1. The van der Waals surface area contributed by atoms with Gasteiger partial charge in [0.25, 0.3) is 0 Å². The van der Waals surface area contributed by atoms with Gasteiger partial charge in [0.2, 0.25) is 5.91 Å². The van der Waals surface area contributed by atoms with E-state index in [-0.39, 0.29) is 16.8 Å². The molecule has 6 heteroatoms. The minimum atomic E-state index is -0.127. The van der Waals surface area contributed by atoms with Crippen molar-refractivity contribution in [3.8, 4) is 11.5 Å². The molecule has 0 heterocycles. The van der Waals surface area contributed by atoms with Crippen LogP contribution in [0.4, 0.5) is 5.69 Å². The third-order valence-electron chi connectivity index (χ3n) is 2.71. The molecule has 0 unspecified atom stereocenters. The lowest BCUT2D eigenvalue weighted by Crippen LogP contribution is -2.33. The molecule has 0 spiro atoms. The largest absolute Gasteiger partial charge is 0.506 e. The number of hydrogen-bond acceptors (Lipinski definition) is 4. The lowest BCUT2D eigenvalue weighted by Gasteiger charge is -2.11. The number of phenols is 1. The molecular formula is C14H20N2O3S. The summed E-state index contributed by atoms with van der Waals surface area (Å²) in [5.74, 6) is 0.495. The summed E-state index contributed by atoms with van der Waals surface area (Å²) in [4.78, 5) is 11.6. The normalized spacial score (nSPS) is 9.90. The second-order valence-electron chi connectivity index (χ2n) is 4.34. The van der Waals surface area contributed by atoms with E-state index in [0.717, 1.165) is 19.3 Å². The lowest BCUT2D eigenvalue weighted by molar-refractivity contribution is -0.119. The molecule has 1 amide bonds. The number of phenolic OH excluding ortho intramolecular Hbond substituents is 1. The monoisotopic (exact) mass is 296 g/mol. The zero-order chi connectivity index (χ0) is 15.0. The Bertz CT molecular complexity index is 477. The number of rotatable bonds is 6. The van der Waals surface area contributed by atoms with Gasteiger partial charge in [0, 0.05) is 12.5 Å². The number of nitrogens with one attached hydrogen (secondary N) is 2. The van der Waals surface area contributed by atoms with E-state index in [2.05, 4.69) is 17.6 Å². The van der Waals surface area contributed by atoms with Gasteiger partial charge in [-0.3, -0.25) is 4.79 Å². The summed E-state index contributed by atoms with van der Waals surface area (Å²) in [6.07, 6.45) is 3.37. The second-order valence-corrected chi connectivity index (χ2v) is 4.75. The third-order valence-corrected chi connectivity index (χ3v) is 2.92. The van der Waals surface area contributed by atoms with Gasteiger partial charge in [-0.1, -0.05) is 19.8 Å². The van der Waals surface area contributed by atoms with Gasteiger partial charge in [-0.2, -0.15) is 0 Å². The SMILES string of the molecule is CCCCCC(=O)NC(=S)Nc1cc(OC)ccc1O. The molecule has 0 aromatic heterocycles. The van der Waals surface area contributed by atoms with Crippen LogP contribution in [-0.2, 0) is 4.79 Å². The fourth-order valence-corrected chi connectivity index (χ4v) is 1.84. The molecular weight excluding hydrogens is 276 g/mol. The highest BCUT2D eigenvalue weighted by molar-refractivity contribution is 7.80. The van der Waals surface area contributed by atoms with E-state index >= 15 is 0 Å². The first kappa shape index (κ1) is 16.2. The number of unbranched alkanes of at least 4 members (excludes halogenated alkanes) is 2. The topological polar surface area (TPSA) is 70.6 Å². The summed E-state index contributed by atoms with van der Waals surface area (Å²) in [5.41, 5.74) is 0.392. The number of thiocarbonyl (C=S) groups is 1. The first-order valence-corrected chi connectivity index (χ1v) is 6.95. The maximum absolute atomic E-state index is 11.6. The van der Waals surface area contributed by atoms with Crippen molar-refractivity contribution in [3.63, 3.8) is 0 Å². The molecule has 1 rings (SSSR count). The van der Waals surface area contributed by atoms with Gasteiger partial charge in [0.15, 0.2) is 5.11 Å². The molecule has 1 aromatic carbocycles. The fraction of sp³-hybridized carbons (Fsp3) is 0.429. The van der Waals surface area contributed by atoms with Crippen molar-refractivity contribution >= 4 is 28.9 Å². The summed E-state index contributed by atoms with van der Waals surface area (Å²) < 4.78 is 5.06. The maximum Gasteiger partial charge on any atom is 0.226 e. The number of hydrogen-bond donors (Lipinski definition) is 3. The Kier molecular flexibility index (Phi) is 6.79. The molecule has 0 atom stereocenters. The number of ether oxygens (including phenoxy) is 1. The minimum absolute atomic E-state index is 0.0355. The molecule has 20 heavy (non-hydrogen) atoms. The molecule has 0 saturated carbocycles. The smallest absolute Gasteiger partial charge is 0.226 e. The molecule has 0 aliphatic carbocycles. The number of amides is 1. The van der Waals surface area contributed by atoms with E-state index in [1.54, 1.807) is 12.1 Å². The fourth-order valence-electron chi connectivity index (χ4n) is 1.62. The maximum atomic E-state index is 11.6. The summed E-state index contributed by atoms with van der Waals surface area (Å²) >= 11 is 5.04. The average molecular weight is 296 g/mol. The zero-order valence-electron chi connectivity index (χ0n) is 11.7. The molecule has 5 nitrogen and oxygen atoms in total. The lowest BCUT2D eigenvalue weighted by atomic mass is 10.2. The van der Waals surface area contributed by atoms with E-state index in [9.17, 15) is 9.90 Å². The summed E-state index contributed by atoms with van der Waals surface area (Å²) in [6, 6.07) is 4.73. The van der Waals surface area contributed by atoms with Gasteiger partial charge in [-0.05, 0) is 30.8 Å². The Hall–Kier alpha value is -1.82. The number of methoxy groups -OCH3 is 1. The van der Waals surface area contributed by atoms with Gasteiger partial charge in [0.05, 0.1) is 12.8 Å². The van der Waals surface area contributed by atoms with Crippen molar-refractivity contribution < 1.29 is 14.6 Å². The number of carbonyl (C=O) groups excluding carboxylic acids is 1. The third kappa shape index (κ3) is 5.44. The molecule has 0 aliphatic rings. The summed E-state index contributed by atoms with van der Waals surface area (Å²) in [7, 11) is 1.53. The van der Waals surface area contributed by atoms with Crippen molar-refractivity contribution in [2.45, 2.75) is 32.6 Å². The van der Waals surface area contributed by atoms with Crippen LogP contribution in [0.25, 0.3) is 0 Å². The molecule has 1 aromatic rings. The summed E-state index contributed by atoms with van der Waals surface area (Å²) in [5, 5.41) is 15.2. The first-order chi connectivity index (χ1) is 9.56. The van der Waals surface area contributed by atoms with Crippen LogP contribution in [0, 0.1) is 0 Å². The molecule has 3 N–H and O–H groups in total. The predicted octanol–water partition coefficient (Wildman–Crippen LogP) is 2.79. The predicted molar refractivity (Wildman–Crippen MR) is 83.2 cm³/mol. The van der Waals surface area contributed by atoms with E-state index in [1.165, 1.54) is 13.2 Å². The number of carbonyl (C=O) groups is 1. The molecule has 0 bridgehead atoms. The van der Waals surface area contributed by atoms with E-state index < -0.39 is 0 Å². The first-order valence-electron chi connectivity index (χ1n) is 6.54. The van der Waals surface area contributed by atoms with Gasteiger partial charge in [-0.25, -0.2) is 0 Å². The van der Waals surface area contributed by atoms with Gasteiger partial charge in [0.1, 0.15) is 11.5 Å². The quantitative estimate of drug-likeness (QED) is 0.428. The van der Waals surface area contributed by atoms with Crippen LogP contribution in [0.5, 0.6) is 11.5 Å². The average Bonchev–Trinajstić information content (AvgIpc) is 2.41. The molecule has 0 saturated heterocycles. The van der Waals surface area contributed by atoms with E-state index in [4.69, 9.17) is 17.0 Å². The van der Waals surface area contributed by atoms with Gasteiger partial charge >= 0.3 is 0 Å². The van der Waals surface area contributed by atoms with Crippen LogP contribution in [0.1, 0.15) is 32.6 Å². The van der Waals surface area contributed by atoms with Crippen LogP contribution in [-0.4, -0.2) is 23.2 Å². The number of benzene rings is 1. The van der Waals surface area contributed by atoms with Crippen LogP contribution in [0.2, 0.25) is 0 Å². The highest BCUT2D eigenvalue weighted by Crippen LogP contribution is 2.27. The van der Waals surface area contributed by atoms with Crippen molar-refractivity contribution in [3.05, 3.63) is 18.2 Å². The molecule has 0 fully saturated rings. The Morgan fingerprint density at radius 3 is 2.80 bits per heavy atom. The Morgan fingerprint density at radius 1 is 1.40 bits per heavy atom.